The van der Waals surface area contributed by atoms with Gasteiger partial charge in [-0.05, 0) is 12.6 Å². The molecule has 0 radical (unpaired) electrons. The molecule has 0 amide bonds. The Morgan fingerprint density at radius 1 is 0.576 bits per heavy atom. The Balaban J connectivity index is 6.58. The van der Waals surface area contributed by atoms with E-state index in [0.29, 0.717) is 0 Å². The van der Waals surface area contributed by atoms with Crippen LogP contribution in [0, 0.1) is 0 Å². The minimum atomic E-state index is -7.89. The first-order valence-corrected chi connectivity index (χ1v) is 12.1. The number of hydrogen-bond donors (Lipinski definition) is 0. The van der Waals surface area contributed by atoms with Gasteiger partial charge in [-0.25, -0.2) is 4.39 Å². The molecule has 0 aliphatic carbocycles. The van der Waals surface area contributed by atoms with Crippen molar-refractivity contribution in [3.8, 4) is 0 Å². The highest BCUT2D eigenvalue weighted by atomic mass is 35.7. The summed E-state index contributed by atoms with van der Waals surface area (Å²) in [6, 6.07) is -1.46. The molecule has 0 aliphatic heterocycles. The molecular formula is C11H7Cl2F17O2Si. The number of halogens is 19. The molecule has 0 spiro atoms. The Hall–Kier alpha value is -0.473. The van der Waals surface area contributed by atoms with Crippen molar-refractivity contribution in [2.45, 2.75) is 67.4 Å². The van der Waals surface area contributed by atoms with Crippen molar-refractivity contribution in [1.82, 2.24) is 0 Å². The van der Waals surface area contributed by atoms with Gasteiger partial charge in [0.1, 0.15) is 0 Å². The molecule has 0 aromatic heterocycles. The van der Waals surface area contributed by atoms with E-state index in [-0.39, 0.29) is 0 Å². The Bertz CT molecular complexity index is 684. The van der Waals surface area contributed by atoms with Crippen LogP contribution in [0.3, 0.4) is 0 Å². The Labute approximate surface area is 181 Å². The van der Waals surface area contributed by atoms with Gasteiger partial charge < -0.3 is 0 Å². The van der Waals surface area contributed by atoms with Gasteiger partial charge in [-0.3, -0.25) is 9.47 Å². The largest absolute Gasteiger partial charge is 0.462 e. The van der Waals surface area contributed by atoms with Crippen molar-refractivity contribution in [3.05, 3.63) is 0 Å². The van der Waals surface area contributed by atoms with E-state index in [1.165, 1.54) is 4.74 Å². The van der Waals surface area contributed by atoms with Gasteiger partial charge in [0.15, 0.2) is 0 Å². The molecule has 0 saturated heterocycles. The zero-order valence-electron chi connectivity index (χ0n) is 14.9. The van der Waals surface area contributed by atoms with Crippen LogP contribution in [0.5, 0.6) is 0 Å². The Morgan fingerprint density at radius 2 is 0.970 bits per heavy atom. The average Bonchev–Trinajstić information content (AvgIpc) is 2.47. The third kappa shape index (κ3) is 6.81. The summed E-state index contributed by atoms with van der Waals surface area (Å²) in [6.45, 7) is -3.17. The summed E-state index contributed by atoms with van der Waals surface area (Å²) in [4.78, 5) is 0. The lowest BCUT2D eigenvalue weighted by molar-refractivity contribution is -0.552. The van der Waals surface area contributed by atoms with Crippen molar-refractivity contribution in [3.63, 3.8) is 0 Å². The summed E-state index contributed by atoms with van der Waals surface area (Å²) in [5.74, 6) is -21.8. The zero-order chi connectivity index (χ0) is 27.3. The van der Waals surface area contributed by atoms with Gasteiger partial charge in [-0.15, -0.1) is 22.2 Å². The number of ether oxygens (including phenoxy) is 2. The van der Waals surface area contributed by atoms with Crippen LogP contribution in [0.1, 0.15) is 6.42 Å². The minimum Gasteiger partial charge on any atom is -0.270 e. The lowest BCUT2D eigenvalue weighted by Gasteiger charge is -2.40. The smallest absolute Gasteiger partial charge is 0.270 e. The molecule has 0 aliphatic rings. The van der Waals surface area contributed by atoms with Crippen molar-refractivity contribution in [1.29, 1.82) is 0 Å². The molecule has 0 saturated carbocycles. The van der Waals surface area contributed by atoms with Crippen LogP contribution >= 0.6 is 22.2 Å². The van der Waals surface area contributed by atoms with Crippen molar-refractivity contribution < 1.29 is 84.1 Å². The van der Waals surface area contributed by atoms with Crippen molar-refractivity contribution in [2.75, 3.05) is 0 Å². The average molecular weight is 593 g/mol. The van der Waals surface area contributed by atoms with Gasteiger partial charge in [0.25, 0.3) is 0 Å². The van der Waals surface area contributed by atoms with Crippen molar-refractivity contribution >= 4 is 28.9 Å². The fourth-order valence-corrected chi connectivity index (χ4v) is 2.92. The molecule has 200 valence electrons. The summed E-state index contributed by atoms with van der Waals surface area (Å²) >= 11 is 10.5. The van der Waals surface area contributed by atoms with Crippen LogP contribution in [0.15, 0.2) is 0 Å². The molecule has 22 heteroatoms. The predicted molar refractivity (Wildman–Crippen MR) is 75.6 cm³/mol. The maximum atomic E-state index is 14.1. The first-order chi connectivity index (χ1) is 13.9. The maximum Gasteiger partial charge on any atom is 0.462 e. The van der Waals surface area contributed by atoms with E-state index in [1.807, 2.05) is 0 Å². The Morgan fingerprint density at radius 3 is 1.24 bits per heavy atom. The molecule has 0 aromatic carbocycles. The third-order valence-corrected chi connectivity index (χ3v) is 5.59. The second-order valence-corrected chi connectivity index (χ2v) is 14.4. The van der Waals surface area contributed by atoms with Crippen LogP contribution in [0.2, 0.25) is 12.6 Å². The fraction of sp³-hybridized carbons (Fsp3) is 1.00. The quantitative estimate of drug-likeness (QED) is 0.154. The number of rotatable bonds is 9. The summed E-state index contributed by atoms with van der Waals surface area (Å²) in [5.41, 5.74) is 0. The maximum absolute atomic E-state index is 14.1. The highest BCUT2D eigenvalue weighted by molar-refractivity contribution is 7.44. The summed E-state index contributed by atoms with van der Waals surface area (Å²) in [7, 11) is 0. The van der Waals surface area contributed by atoms with Crippen LogP contribution in [0.25, 0.3) is 0 Å². The molecule has 0 fully saturated rings. The summed E-state index contributed by atoms with van der Waals surface area (Å²) < 4.78 is 223. The highest BCUT2D eigenvalue weighted by Crippen LogP contribution is 2.57. The van der Waals surface area contributed by atoms with Gasteiger partial charge >= 0.3 is 48.4 Å². The molecule has 2 atom stereocenters. The lowest BCUT2D eigenvalue weighted by Crippen LogP contribution is -2.67. The van der Waals surface area contributed by atoms with Gasteiger partial charge in [-0.2, -0.15) is 70.2 Å². The highest BCUT2D eigenvalue weighted by Gasteiger charge is 2.85. The van der Waals surface area contributed by atoms with Crippen LogP contribution in [-0.2, 0) is 9.47 Å². The summed E-state index contributed by atoms with van der Waals surface area (Å²) in [6.07, 6.45) is -40.2. The van der Waals surface area contributed by atoms with Crippen molar-refractivity contribution in [2.24, 2.45) is 0 Å². The molecule has 2 nitrogen and oxygen atoms in total. The van der Waals surface area contributed by atoms with E-state index in [0.717, 1.165) is 6.55 Å². The van der Waals surface area contributed by atoms with E-state index < -0.39 is 67.5 Å². The SMILES string of the molecule is C[Si](Cl)(Cl)CCC(F)(OC(F)(F)C(F)(OC(F)(F)C(F)(F)C(F)(F)F)C(F)(F)F)C(F)(F)F. The van der Waals surface area contributed by atoms with E-state index in [4.69, 9.17) is 22.2 Å². The predicted octanol–water partition coefficient (Wildman–Crippen LogP) is 7.80. The van der Waals surface area contributed by atoms with Crippen LogP contribution < -0.4 is 0 Å². The molecule has 0 bridgehead atoms. The first kappa shape index (κ1) is 32.5. The number of hydrogen-bond acceptors (Lipinski definition) is 2. The standard InChI is InChI=1S/C11H7Cl2F17O2Si/c1-33(12,13)3-2-4(14,7(18,19)20)31-11(29,30)6(17,9(24,25)26)32-10(27,28)5(15,16)8(21,22)23/h2-3H2,1H3. The molecule has 0 rings (SSSR count). The fourth-order valence-electron chi connectivity index (χ4n) is 1.59. The second-order valence-electron chi connectivity index (χ2n) is 6.20. The van der Waals surface area contributed by atoms with Gasteiger partial charge in [0, 0.05) is 6.42 Å². The van der Waals surface area contributed by atoms with Crippen LogP contribution in [-0.4, -0.2) is 55.1 Å². The molecule has 2 unspecified atom stereocenters. The van der Waals surface area contributed by atoms with E-state index in [1.54, 1.807) is 0 Å². The van der Waals surface area contributed by atoms with E-state index in [2.05, 4.69) is 4.74 Å². The summed E-state index contributed by atoms with van der Waals surface area (Å²) in [5, 5.41) is 0. The molecular weight excluding hydrogens is 586 g/mol. The van der Waals surface area contributed by atoms with Gasteiger partial charge in [-0.1, -0.05) is 0 Å². The molecule has 0 heterocycles. The number of alkyl halides is 17. The molecule has 33 heavy (non-hydrogen) atoms. The lowest BCUT2D eigenvalue weighted by atomic mass is 10.2. The van der Waals surface area contributed by atoms with E-state index in [9.17, 15) is 74.6 Å². The first-order valence-electron chi connectivity index (χ1n) is 7.36. The van der Waals surface area contributed by atoms with Crippen LogP contribution in [0.4, 0.5) is 74.6 Å². The monoisotopic (exact) mass is 592 g/mol. The molecule has 0 N–H and O–H groups in total. The topological polar surface area (TPSA) is 18.5 Å². The zero-order valence-corrected chi connectivity index (χ0v) is 17.4. The third-order valence-electron chi connectivity index (χ3n) is 3.33. The van der Waals surface area contributed by atoms with Gasteiger partial charge in [0.05, 0.1) is 0 Å². The van der Waals surface area contributed by atoms with Gasteiger partial charge in [0.2, 0.25) is 6.69 Å². The van der Waals surface area contributed by atoms with E-state index >= 15 is 0 Å². The molecule has 0 aromatic rings. The normalized spacial score (nSPS) is 19.3. The minimum absolute atomic E-state index is 0.725. The second kappa shape index (κ2) is 8.88. The Kier molecular flexibility index (Phi) is 8.75.